The van der Waals surface area contributed by atoms with Gasteiger partial charge < -0.3 is 10.1 Å². The van der Waals surface area contributed by atoms with Crippen LogP contribution >= 0.6 is 0 Å². The number of rotatable bonds is 9. The molecule has 0 atom stereocenters. The van der Waals surface area contributed by atoms with Crippen LogP contribution in [0.1, 0.15) is 43.7 Å². The molecular weight excluding hydrogens is 336 g/mol. The molecule has 0 saturated heterocycles. The number of carbonyl (C=O) groups excluding carboxylic acids is 1. The summed E-state index contributed by atoms with van der Waals surface area (Å²) in [6.45, 7) is 4.84. The number of nitrogens with zero attached hydrogens (tertiary/aromatic N) is 1. The highest BCUT2D eigenvalue weighted by Crippen LogP contribution is 2.16. The summed E-state index contributed by atoms with van der Waals surface area (Å²) < 4.78 is 5.71. The highest BCUT2D eigenvalue weighted by Gasteiger charge is 2.09. The second-order valence-electron chi connectivity index (χ2n) is 6.47. The van der Waals surface area contributed by atoms with Gasteiger partial charge in [-0.2, -0.15) is 5.26 Å². The van der Waals surface area contributed by atoms with Crippen LogP contribution in [0.3, 0.4) is 0 Å². The molecule has 27 heavy (non-hydrogen) atoms. The molecule has 2 aromatic rings. The van der Waals surface area contributed by atoms with Crippen LogP contribution < -0.4 is 10.1 Å². The largest absolute Gasteiger partial charge is 0.494 e. The topological polar surface area (TPSA) is 62.1 Å². The van der Waals surface area contributed by atoms with Crippen molar-refractivity contribution >= 4 is 17.7 Å². The number of amides is 1. The Balaban J connectivity index is 1.96. The van der Waals surface area contributed by atoms with Gasteiger partial charge in [0.1, 0.15) is 17.4 Å². The van der Waals surface area contributed by atoms with E-state index in [0.717, 1.165) is 23.3 Å². The minimum absolute atomic E-state index is 0.0599. The number of ether oxygens (including phenoxy) is 1. The van der Waals surface area contributed by atoms with Crippen LogP contribution in [0.5, 0.6) is 5.75 Å². The molecule has 1 amide bonds. The van der Waals surface area contributed by atoms with Gasteiger partial charge in [0.15, 0.2) is 0 Å². The molecule has 0 aliphatic carbocycles. The highest BCUT2D eigenvalue weighted by atomic mass is 16.5. The van der Waals surface area contributed by atoms with Crippen LogP contribution in [-0.2, 0) is 4.79 Å². The van der Waals surface area contributed by atoms with Gasteiger partial charge in [-0.05, 0) is 54.8 Å². The van der Waals surface area contributed by atoms with Gasteiger partial charge in [-0.3, -0.25) is 4.79 Å². The maximum atomic E-state index is 12.3. The normalized spacial score (nSPS) is 10.9. The zero-order chi connectivity index (χ0) is 19.5. The first-order valence-corrected chi connectivity index (χ1v) is 9.35. The molecule has 0 bridgehead atoms. The number of hydrogen-bond donors (Lipinski definition) is 1. The molecule has 140 valence electrons. The van der Waals surface area contributed by atoms with Crippen LogP contribution in [0.15, 0.2) is 54.1 Å². The van der Waals surface area contributed by atoms with E-state index in [-0.39, 0.29) is 5.57 Å². The third-order valence-corrected chi connectivity index (χ3v) is 4.10. The molecule has 0 fully saturated rings. The Morgan fingerprint density at radius 1 is 1.15 bits per heavy atom. The second-order valence-corrected chi connectivity index (χ2v) is 6.47. The zero-order valence-corrected chi connectivity index (χ0v) is 16.0. The first-order valence-electron chi connectivity index (χ1n) is 9.35. The Morgan fingerprint density at radius 2 is 1.93 bits per heavy atom. The van der Waals surface area contributed by atoms with Crippen molar-refractivity contribution in [3.05, 3.63) is 65.2 Å². The standard InChI is InChI=1S/C23H26N2O2/c1-3-4-5-6-14-27-22-12-10-19(11-13-22)16-20(17-24)23(26)25-21-9-7-8-18(2)15-21/h7-13,15-16H,3-6,14H2,1-2H3,(H,25,26)/b20-16+. The van der Waals surface area contributed by atoms with Gasteiger partial charge in [0.05, 0.1) is 6.61 Å². The molecule has 0 aliphatic heterocycles. The lowest BCUT2D eigenvalue weighted by atomic mass is 10.1. The SMILES string of the molecule is CCCCCCOc1ccc(/C=C(\C#N)C(=O)Nc2cccc(C)c2)cc1. The van der Waals surface area contributed by atoms with Crippen molar-refractivity contribution in [1.82, 2.24) is 0 Å². The van der Waals surface area contributed by atoms with E-state index >= 15 is 0 Å². The molecule has 4 nitrogen and oxygen atoms in total. The van der Waals surface area contributed by atoms with Crippen molar-refractivity contribution in [3.63, 3.8) is 0 Å². The van der Waals surface area contributed by atoms with Crippen LogP contribution in [-0.4, -0.2) is 12.5 Å². The molecule has 0 unspecified atom stereocenters. The Kier molecular flexibility index (Phi) is 8.12. The smallest absolute Gasteiger partial charge is 0.266 e. The molecule has 1 N–H and O–H groups in total. The Bertz CT molecular complexity index is 817. The lowest BCUT2D eigenvalue weighted by Gasteiger charge is -2.07. The lowest BCUT2D eigenvalue weighted by Crippen LogP contribution is -2.13. The third kappa shape index (κ3) is 6.99. The predicted octanol–water partition coefficient (Wildman–Crippen LogP) is 5.50. The summed E-state index contributed by atoms with van der Waals surface area (Å²) in [6, 6.07) is 16.9. The van der Waals surface area contributed by atoms with Gasteiger partial charge in [0.2, 0.25) is 0 Å². The minimum Gasteiger partial charge on any atom is -0.494 e. The fourth-order valence-electron chi connectivity index (χ4n) is 2.62. The van der Waals surface area contributed by atoms with Crippen molar-refractivity contribution < 1.29 is 9.53 Å². The van der Waals surface area contributed by atoms with Gasteiger partial charge in [0.25, 0.3) is 5.91 Å². The number of anilines is 1. The van der Waals surface area contributed by atoms with Crippen LogP contribution in [0, 0.1) is 18.3 Å². The molecule has 0 saturated carbocycles. The zero-order valence-electron chi connectivity index (χ0n) is 16.0. The third-order valence-electron chi connectivity index (χ3n) is 4.10. The maximum absolute atomic E-state index is 12.3. The van der Waals surface area contributed by atoms with E-state index < -0.39 is 5.91 Å². The number of carbonyl (C=O) groups is 1. The maximum Gasteiger partial charge on any atom is 0.266 e. The Labute approximate surface area is 161 Å². The van der Waals surface area contributed by atoms with E-state index in [1.807, 2.05) is 55.5 Å². The molecule has 2 aromatic carbocycles. The Hall–Kier alpha value is -3.06. The summed E-state index contributed by atoms with van der Waals surface area (Å²) in [4.78, 5) is 12.3. The van der Waals surface area contributed by atoms with Gasteiger partial charge in [-0.25, -0.2) is 0 Å². The number of unbranched alkanes of at least 4 members (excludes halogenated alkanes) is 3. The fourth-order valence-corrected chi connectivity index (χ4v) is 2.62. The Morgan fingerprint density at radius 3 is 2.59 bits per heavy atom. The minimum atomic E-state index is -0.417. The molecule has 0 heterocycles. The lowest BCUT2D eigenvalue weighted by molar-refractivity contribution is -0.112. The van der Waals surface area contributed by atoms with E-state index in [4.69, 9.17) is 4.74 Å². The van der Waals surface area contributed by atoms with Gasteiger partial charge >= 0.3 is 0 Å². The summed E-state index contributed by atoms with van der Waals surface area (Å²) in [5, 5.41) is 12.1. The average Bonchev–Trinajstić information content (AvgIpc) is 2.67. The number of hydrogen-bond acceptors (Lipinski definition) is 3. The van der Waals surface area contributed by atoms with E-state index in [1.54, 1.807) is 12.1 Å². The molecule has 0 radical (unpaired) electrons. The number of nitriles is 1. The number of aryl methyl sites for hydroxylation is 1. The van der Waals surface area contributed by atoms with Crippen molar-refractivity contribution in [2.45, 2.75) is 39.5 Å². The first-order chi connectivity index (χ1) is 13.1. The monoisotopic (exact) mass is 362 g/mol. The summed E-state index contributed by atoms with van der Waals surface area (Å²) in [6.07, 6.45) is 6.25. The van der Waals surface area contributed by atoms with Crippen molar-refractivity contribution in [2.24, 2.45) is 0 Å². The number of nitrogens with one attached hydrogen (secondary N) is 1. The van der Waals surface area contributed by atoms with E-state index in [2.05, 4.69) is 12.2 Å². The number of benzene rings is 2. The van der Waals surface area contributed by atoms with E-state index in [1.165, 1.54) is 19.3 Å². The molecule has 0 spiro atoms. The van der Waals surface area contributed by atoms with Gasteiger partial charge in [-0.1, -0.05) is 50.5 Å². The predicted molar refractivity (Wildman–Crippen MR) is 109 cm³/mol. The van der Waals surface area contributed by atoms with Crippen molar-refractivity contribution in [3.8, 4) is 11.8 Å². The summed E-state index contributed by atoms with van der Waals surface area (Å²) in [5.74, 6) is 0.380. The summed E-state index contributed by atoms with van der Waals surface area (Å²) in [7, 11) is 0. The quantitative estimate of drug-likeness (QED) is 0.364. The highest BCUT2D eigenvalue weighted by molar-refractivity contribution is 6.09. The molecular formula is C23H26N2O2. The summed E-state index contributed by atoms with van der Waals surface area (Å²) >= 11 is 0. The molecule has 0 aliphatic rings. The summed E-state index contributed by atoms with van der Waals surface area (Å²) in [5.41, 5.74) is 2.56. The second kappa shape index (κ2) is 10.8. The van der Waals surface area contributed by atoms with Crippen molar-refractivity contribution in [1.29, 1.82) is 5.26 Å². The van der Waals surface area contributed by atoms with Crippen LogP contribution in [0.25, 0.3) is 6.08 Å². The average molecular weight is 362 g/mol. The van der Waals surface area contributed by atoms with Crippen LogP contribution in [0.4, 0.5) is 5.69 Å². The van der Waals surface area contributed by atoms with E-state index in [9.17, 15) is 10.1 Å². The first kappa shape index (κ1) is 20.3. The van der Waals surface area contributed by atoms with Gasteiger partial charge in [-0.15, -0.1) is 0 Å². The fraction of sp³-hybridized carbons (Fsp3) is 0.304. The molecule has 2 rings (SSSR count). The van der Waals surface area contributed by atoms with Gasteiger partial charge in [0, 0.05) is 5.69 Å². The van der Waals surface area contributed by atoms with E-state index in [0.29, 0.717) is 12.3 Å². The molecule has 0 aromatic heterocycles. The molecule has 4 heteroatoms. The van der Waals surface area contributed by atoms with Crippen LogP contribution in [0.2, 0.25) is 0 Å². The van der Waals surface area contributed by atoms with Crippen molar-refractivity contribution in [2.75, 3.05) is 11.9 Å².